The number of fused-ring (bicyclic) bond motifs is 1. The van der Waals surface area contributed by atoms with E-state index in [2.05, 4.69) is 66.2 Å². The number of rotatable bonds is 6. The predicted molar refractivity (Wildman–Crippen MR) is 112 cm³/mol. The molecule has 4 nitrogen and oxygen atoms in total. The van der Waals surface area contributed by atoms with Gasteiger partial charge in [0.2, 0.25) is 5.95 Å². The average Bonchev–Trinajstić information content (AvgIpc) is 2.63. The summed E-state index contributed by atoms with van der Waals surface area (Å²) in [5, 5.41) is 2.49. The summed E-state index contributed by atoms with van der Waals surface area (Å²) in [6.45, 7) is 6.35. The first-order valence-corrected chi connectivity index (χ1v) is 9.72. The lowest BCUT2D eigenvalue weighted by atomic mass is 9.87. The standard InChI is InChI=1S/C23H27N4/c1-16(11-17(2)24)12-18-14-27(15-18)23-25-10-9-22(26-23)21-8-7-19-5-3-4-6-20(19)13-21/h3-10,13,17-18H,11-12,14-15,24H2,1-2H3. The van der Waals surface area contributed by atoms with Crippen LogP contribution < -0.4 is 10.6 Å². The molecule has 4 rings (SSSR count). The Bertz CT molecular complexity index is 915. The molecular weight excluding hydrogens is 332 g/mol. The summed E-state index contributed by atoms with van der Waals surface area (Å²) in [5.41, 5.74) is 8.02. The molecule has 0 aliphatic carbocycles. The van der Waals surface area contributed by atoms with E-state index < -0.39 is 0 Å². The van der Waals surface area contributed by atoms with Crippen molar-refractivity contribution in [1.82, 2.24) is 9.97 Å². The van der Waals surface area contributed by atoms with Crippen molar-refractivity contribution in [2.24, 2.45) is 11.7 Å². The third-order valence-electron chi connectivity index (χ3n) is 5.24. The summed E-state index contributed by atoms with van der Waals surface area (Å²) in [4.78, 5) is 11.6. The molecule has 27 heavy (non-hydrogen) atoms. The lowest BCUT2D eigenvalue weighted by Crippen LogP contribution is -2.48. The van der Waals surface area contributed by atoms with Crippen LogP contribution >= 0.6 is 0 Å². The first-order chi connectivity index (χ1) is 13.1. The molecule has 2 heterocycles. The van der Waals surface area contributed by atoms with Crippen LogP contribution in [0.3, 0.4) is 0 Å². The zero-order valence-electron chi connectivity index (χ0n) is 16.1. The zero-order valence-corrected chi connectivity index (χ0v) is 16.1. The first-order valence-electron chi connectivity index (χ1n) is 9.72. The van der Waals surface area contributed by atoms with Crippen LogP contribution in [-0.2, 0) is 0 Å². The normalized spacial score (nSPS) is 15.9. The van der Waals surface area contributed by atoms with Crippen molar-refractivity contribution in [2.45, 2.75) is 32.7 Å². The SMILES string of the molecule is C[C](CC(C)N)CC1CN(c2nccc(-c3ccc4ccccc4c3)n2)C1. The molecule has 1 radical (unpaired) electrons. The van der Waals surface area contributed by atoms with E-state index in [-0.39, 0.29) is 6.04 Å². The number of aromatic nitrogens is 2. The van der Waals surface area contributed by atoms with Gasteiger partial charge in [-0.3, -0.25) is 0 Å². The Morgan fingerprint density at radius 1 is 1.15 bits per heavy atom. The minimum atomic E-state index is 0.253. The van der Waals surface area contributed by atoms with E-state index >= 15 is 0 Å². The Hall–Kier alpha value is -2.46. The second kappa shape index (κ2) is 7.65. The molecule has 0 bridgehead atoms. The van der Waals surface area contributed by atoms with Gasteiger partial charge in [0, 0.05) is 30.9 Å². The average molecular weight is 359 g/mol. The van der Waals surface area contributed by atoms with E-state index in [1.54, 1.807) is 0 Å². The number of nitrogens with zero attached hydrogens (tertiary/aromatic N) is 3. The number of hydrogen-bond donors (Lipinski definition) is 1. The van der Waals surface area contributed by atoms with E-state index in [9.17, 15) is 0 Å². The molecule has 1 fully saturated rings. The smallest absolute Gasteiger partial charge is 0.225 e. The van der Waals surface area contributed by atoms with Crippen molar-refractivity contribution in [3.8, 4) is 11.3 Å². The highest BCUT2D eigenvalue weighted by molar-refractivity contribution is 5.86. The van der Waals surface area contributed by atoms with Crippen molar-refractivity contribution in [1.29, 1.82) is 0 Å². The molecule has 1 saturated heterocycles. The lowest BCUT2D eigenvalue weighted by Gasteiger charge is -2.40. The van der Waals surface area contributed by atoms with Gasteiger partial charge in [-0.2, -0.15) is 0 Å². The Morgan fingerprint density at radius 3 is 2.70 bits per heavy atom. The van der Waals surface area contributed by atoms with Gasteiger partial charge in [-0.15, -0.1) is 0 Å². The van der Waals surface area contributed by atoms with Gasteiger partial charge in [-0.1, -0.05) is 43.3 Å². The molecule has 0 spiro atoms. The van der Waals surface area contributed by atoms with Crippen LogP contribution in [0, 0.1) is 11.8 Å². The molecule has 139 valence electrons. The monoisotopic (exact) mass is 359 g/mol. The maximum Gasteiger partial charge on any atom is 0.225 e. The molecule has 0 amide bonds. The minimum absolute atomic E-state index is 0.253. The summed E-state index contributed by atoms with van der Waals surface area (Å²) in [6, 6.07) is 17.2. The topological polar surface area (TPSA) is 55.0 Å². The van der Waals surface area contributed by atoms with Gasteiger partial charge in [-0.05, 0) is 54.5 Å². The fourth-order valence-corrected chi connectivity index (χ4v) is 4.00. The van der Waals surface area contributed by atoms with Crippen molar-refractivity contribution < 1.29 is 0 Å². The van der Waals surface area contributed by atoms with Crippen LogP contribution in [0.15, 0.2) is 54.7 Å². The maximum atomic E-state index is 5.90. The van der Waals surface area contributed by atoms with Crippen molar-refractivity contribution in [3.63, 3.8) is 0 Å². The molecule has 1 atom stereocenters. The zero-order chi connectivity index (χ0) is 18.8. The highest BCUT2D eigenvalue weighted by atomic mass is 15.3. The van der Waals surface area contributed by atoms with E-state index in [4.69, 9.17) is 10.7 Å². The summed E-state index contributed by atoms with van der Waals surface area (Å²) < 4.78 is 0. The second-order valence-electron chi connectivity index (χ2n) is 7.92. The van der Waals surface area contributed by atoms with Gasteiger partial charge in [0.05, 0.1) is 5.69 Å². The predicted octanol–water partition coefficient (Wildman–Crippen LogP) is 4.45. The molecule has 1 aromatic heterocycles. The summed E-state index contributed by atoms with van der Waals surface area (Å²) in [5.74, 6) is 3.03. The number of hydrogen-bond acceptors (Lipinski definition) is 4. The first kappa shape index (κ1) is 17.9. The van der Waals surface area contributed by atoms with Crippen LogP contribution in [0.4, 0.5) is 5.95 Å². The van der Waals surface area contributed by atoms with Crippen LogP contribution in [0.5, 0.6) is 0 Å². The third kappa shape index (κ3) is 4.11. The van der Waals surface area contributed by atoms with Crippen LogP contribution in [0.1, 0.15) is 26.7 Å². The van der Waals surface area contributed by atoms with Gasteiger partial charge >= 0.3 is 0 Å². The van der Waals surface area contributed by atoms with E-state index in [1.165, 1.54) is 16.7 Å². The quantitative estimate of drug-likeness (QED) is 0.706. The molecule has 2 N–H and O–H groups in total. The summed E-state index contributed by atoms with van der Waals surface area (Å²) in [7, 11) is 0. The van der Waals surface area contributed by atoms with Crippen molar-refractivity contribution >= 4 is 16.7 Å². The summed E-state index contributed by atoms with van der Waals surface area (Å²) >= 11 is 0. The largest absolute Gasteiger partial charge is 0.340 e. The molecule has 3 aromatic rings. The Morgan fingerprint density at radius 2 is 1.93 bits per heavy atom. The molecule has 1 aliphatic rings. The minimum Gasteiger partial charge on any atom is -0.340 e. The highest BCUT2D eigenvalue weighted by Crippen LogP contribution is 2.30. The fraction of sp³-hybridized carbons (Fsp3) is 0.348. The summed E-state index contributed by atoms with van der Waals surface area (Å²) in [6.07, 6.45) is 4.04. The van der Waals surface area contributed by atoms with Crippen LogP contribution in [-0.4, -0.2) is 29.1 Å². The Labute approximate surface area is 161 Å². The van der Waals surface area contributed by atoms with Crippen molar-refractivity contribution in [3.05, 3.63) is 60.6 Å². The second-order valence-corrected chi connectivity index (χ2v) is 7.92. The Balaban J connectivity index is 1.44. The highest BCUT2D eigenvalue weighted by Gasteiger charge is 2.30. The fourth-order valence-electron chi connectivity index (χ4n) is 4.00. The maximum absolute atomic E-state index is 5.90. The molecule has 0 saturated carbocycles. The molecule has 4 heteroatoms. The molecule has 1 aliphatic heterocycles. The van der Waals surface area contributed by atoms with Gasteiger partial charge in [0.25, 0.3) is 0 Å². The molecule has 2 aromatic carbocycles. The van der Waals surface area contributed by atoms with Gasteiger partial charge in [-0.25, -0.2) is 9.97 Å². The third-order valence-corrected chi connectivity index (χ3v) is 5.24. The van der Waals surface area contributed by atoms with Gasteiger partial charge < -0.3 is 10.6 Å². The molecular formula is C23H27N4. The number of nitrogens with two attached hydrogens (primary N) is 1. The lowest BCUT2D eigenvalue weighted by molar-refractivity contribution is 0.376. The number of anilines is 1. The Kier molecular flexibility index (Phi) is 5.08. The number of benzene rings is 2. The molecule has 1 unspecified atom stereocenters. The van der Waals surface area contributed by atoms with E-state index in [1.807, 2.05) is 12.3 Å². The van der Waals surface area contributed by atoms with Crippen LogP contribution in [0.25, 0.3) is 22.0 Å². The van der Waals surface area contributed by atoms with Gasteiger partial charge in [0.1, 0.15) is 0 Å². The van der Waals surface area contributed by atoms with Crippen LogP contribution in [0.2, 0.25) is 0 Å². The van der Waals surface area contributed by atoms with E-state index in [0.29, 0.717) is 5.92 Å². The van der Waals surface area contributed by atoms with Crippen molar-refractivity contribution in [2.75, 3.05) is 18.0 Å². The van der Waals surface area contributed by atoms with E-state index in [0.717, 1.165) is 43.1 Å². The van der Waals surface area contributed by atoms with Gasteiger partial charge in [0.15, 0.2) is 0 Å².